The number of nitrogens with one attached hydrogen (secondary N) is 2. The molecule has 0 aliphatic rings. The first-order valence-corrected chi connectivity index (χ1v) is 6.47. The molecule has 1 aromatic rings. The van der Waals surface area contributed by atoms with E-state index in [1.807, 2.05) is 18.6 Å². The summed E-state index contributed by atoms with van der Waals surface area (Å²) in [4.78, 5) is 16.6. The normalized spacial score (nSPS) is 12.4. The first-order chi connectivity index (χ1) is 7.72. The highest BCUT2D eigenvalue weighted by Gasteiger charge is 2.04. The zero-order valence-electron chi connectivity index (χ0n) is 9.82. The molecule has 4 nitrogen and oxygen atoms in total. The molecule has 0 saturated heterocycles. The van der Waals surface area contributed by atoms with Crippen LogP contribution in [0, 0.1) is 0 Å². The van der Waals surface area contributed by atoms with E-state index in [0.29, 0.717) is 13.0 Å². The number of rotatable bonds is 7. The second-order valence-electron chi connectivity index (χ2n) is 3.77. The number of carbonyl (C=O) groups is 1. The van der Waals surface area contributed by atoms with Gasteiger partial charge in [0.25, 0.3) is 0 Å². The molecule has 0 bridgehead atoms. The van der Waals surface area contributed by atoms with Crippen LogP contribution in [0.1, 0.15) is 31.6 Å². The minimum atomic E-state index is 0.117. The van der Waals surface area contributed by atoms with E-state index in [1.54, 1.807) is 11.3 Å². The van der Waals surface area contributed by atoms with E-state index in [-0.39, 0.29) is 11.9 Å². The minimum absolute atomic E-state index is 0.117. The van der Waals surface area contributed by atoms with Gasteiger partial charge < -0.3 is 10.6 Å². The summed E-state index contributed by atoms with van der Waals surface area (Å²) < 4.78 is 0. The van der Waals surface area contributed by atoms with Crippen LogP contribution in [0.15, 0.2) is 11.7 Å². The summed E-state index contributed by atoms with van der Waals surface area (Å²) in [5.41, 5.74) is 1.81. The highest BCUT2D eigenvalue weighted by molar-refractivity contribution is 7.09. The Kier molecular flexibility index (Phi) is 6.03. The molecule has 1 rings (SSSR count). The zero-order valence-corrected chi connectivity index (χ0v) is 10.6. The predicted molar refractivity (Wildman–Crippen MR) is 66.3 cm³/mol. The van der Waals surface area contributed by atoms with Gasteiger partial charge in [0.05, 0.1) is 5.51 Å². The van der Waals surface area contributed by atoms with Gasteiger partial charge in [-0.15, -0.1) is 11.3 Å². The quantitative estimate of drug-likeness (QED) is 0.712. The molecule has 0 spiro atoms. The SMILES string of the molecule is CCC(C)NC(=O)CCNCc1cncs1. The number of hydrogen-bond acceptors (Lipinski definition) is 4. The van der Waals surface area contributed by atoms with Crippen LogP contribution in [0.3, 0.4) is 0 Å². The fourth-order valence-electron chi connectivity index (χ4n) is 1.19. The molecule has 1 heterocycles. The van der Waals surface area contributed by atoms with E-state index >= 15 is 0 Å². The Balaban J connectivity index is 2.04. The van der Waals surface area contributed by atoms with E-state index in [9.17, 15) is 4.79 Å². The van der Waals surface area contributed by atoms with E-state index in [0.717, 1.165) is 13.0 Å². The maximum Gasteiger partial charge on any atom is 0.221 e. The van der Waals surface area contributed by atoms with Crippen LogP contribution in [0.2, 0.25) is 0 Å². The maximum atomic E-state index is 11.4. The average Bonchev–Trinajstić information content (AvgIpc) is 2.77. The van der Waals surface area contributed by atoms with Gasteiger partial charge in [-0.2, -0.15) is 0 Å². The second kappa shape index (κ2) is 7.35. The van der Waals surface area contributed by atoms with Crippen molar-refractivity contribution in [1.82, 2.24) is 15.6 Å². The van der Waals surface area contributed by atoms with Gasteiger partial charge in [0, 0.05) is 36.6 Å². The Morgan fingerprint density at radius 2 is 2.44 bits per heavy atom. The Morgan fingerprint density at radius 1 is 1.62 bits per heavy atom. The van der Waals surface area contributed by atoms with Crippen molar-refractivity contribution in [2.24, 2.45) is 0 Å². The molecule has 0 aromatic carbocycles. The largest absolute Gasteiger partial charge is 0.354 e. The van der Waals surface area contributed by atoms with Crippen LogP contribution in [0.5, 0.6) is 0 Å². The van der Waals surface area contributed by atoms with E-state index < -0.39 is 0 Å². The van der Waals surface area contributed by atoms with Crippen molar-refractivity contribution in [1.29, 1.82) is 0 Å². The molecule has 0 aliphatic heterocycles. The topological polar surface area (TPSA) is 54.0 Å². The second-order valence-corrected chi connectivity index (χ2v) is 4.74. The molecule has 1 amide bonds. The van der Waals surface area contributed by atoms with E-state index in [4.69, 9.17) is 0 Å². The van der Waals surface area contributed by atoms with Crippen LogP contribution < -0.4 is 10.6 Å². The first kappa shape index (κ1) is 13.1. The molecule has 0 aliphatic carbocycles. The van der Waals surface area contributed by atoms with Gasteiger partial charge in [-0.05, 0) is 13.3 Å². The molecule has 0 saturated carbocycles. The highest BCUT2D eigenvalue weighted by Crippen LogP contribution is 2.03. The van der Waals surface area contributed by atoms with Crippen molar-refractivity contribution in [2.75, 3.05) is 6.54 Å². The molecular formula is C11H19N3OS. The molecule has 1 unspecified atom stereocenters. The Labute approximate surface area is 100 Å². The Hall–Kier alpha value is -0.940. The molecule has 2 N–H and O–H groups in total. The van der Waals surface area contributed by atoms with Crippen molar-refractivity contribution < 1.29 is 4.79 Å². The van der Waals surface area contributed by atoms with Gasteiger partial charge in [0.2, 0.25) is 5.91 Å². The fraction of sp³-hybridized carbons (Fsp3) is 0.636. The Bertz CT molecular complexity index is 300. The summed E-state index contributed by atoms with van der Waals surface area (Å²) >= 11 is 1.62. The molecule has 0 fully saturated rings. The summed E-state index contributed by atoms with van der Waals surface area (Å²) in [5.74, 6) is 0.117. The van der Waals surface area contributed by atoms with Crippen LogP contribution in [0.4, 0.5) is 0 Å². The molecule has 1 aromatic heterocycles. The lowest BCUT2D eigenvalue weighted by Gasteiger charge is -2.11. The van der Waals surface area contributed by atoms with Crippen molar-refractivity contribution in [3.8, 4) is 0 Å². The average molecular weight is 241 g/mol. The molecule has 1 atom stereocenters. The van der Waals surface area contributed by atoms with Gasteiger partial charge in [0.1, 0.15) is 0 Å². The molecule has 0 radical (unpaired) electrons. The maximum absolute atomic E-state index is 11.4. The van der Waals surface area contributed by atoms with E-state index in [2.05, 4.69) is 22.5 Å². The van der Waals surface area contributed by atoms with Crippen molar-refractivity contribution >= 4 is 17.2 Å². The summed E-state index contributed by atoms with van der Waals surface area (Å²) in [5, 5.41) is 6.15. The van der Waals surface area contributed by atoms with Gasteiger partial charge in [-0.3, -0.25) is 9.78 Å². The minimum Gasteiger partial charge on any atom is -0.354 e. The summed E-state index contributed by atoms with van der Waals surface area (Å²) in [6, 6.07) is 0.272. The third-order valence-electron chi connectivity index (χ3n) is 2.33. The Morgan fingerprint density at radius 3 is 3.06 bits per heavy atom. The smallest absolute Gasteiger partial charge is 0.221 e. The number of thiazole rings is 1. The lowest BCUT2D eigenvalue weighted by molar-refractivity contribution is -0.121. The number of hydrogen-bond donors (Lipinski definition) is 2. The molecule has 16 heavy (non-hydrogen) atoms. The monoisotopic (exact) mass is 241 g/mol. The number of aromatic nitrogens is 1. The predicted octanol–water partition coefficient (Wildman–Crippen LogP) is 1.54. The van der Waals surface area contributed by atoms with Crippen LogP contribution >= 0.6 is 11.3 Å². The molecular weight excluding hydrogens is 222 g/mol. The first-order valence-electron chi connectivity index (χ1n) is 5.59. The number of amides is 1. The van der Waals surface area contributed by atoms with Crippen molar-refractivity contribution in [3.05, 3.63) is 16.6 Å². The summed E-state index contributed by atoms with van der Waals surface area (Å²) in [6.07, 6.45) is 3.35. The molecule has 5 heteroatoms. The third-order valence-corrected chi connectivity index (χ3v) is 3.11. The van der Waals surface area contributed by atoms with Gasteiger partial charge in [-0.25, -0.2) is 0 Å². The van der Waals surface area contributed by atoms with Crippen LogP contribution in [-0.2, 0) is 11.3 Å². The number of carbonyl (C=O) groups excluding carboxylic acids is 1. The fourth-order valence-corrected chi connectivity index (χ4v) is 1.76. The van der Waals surface area contributed by atoms with Crippen LogP contribution in [-0.4, -0.2) is 23.5 Å². The van der Waals surface area contributed by atoms with Crippen molar-refractivity contribution in [3.63, 3.8) is 0 Å². The third kappa shape index (κ3) is 5.23. The zero-order chi connectivity index (χ0) is 11.8. The van der Waals surface area contributed by atoms with Gasteiger partial charge in [-0.1, -0.05) is 6.92 Å². The van der Waals surface area contributed by atoms with Gasteiger partial charge >= 0.3 is 0 Å². The lowest BCUT2D eigenvalue weighted by atomic mass is 10.2. The van der Waals surface area contributed by atoms with Gasteiger partial charge in [0.15, 0.2) is 0 Å². The number of nitrogens with zero attached hydrogens (tertiary/aromatic N) is 1. The van der Waals surface area contributed by atoms with E-state index in [1.165, 1.54) is 4.88 Å². The van der Waals surface area contributed by atoms with Crippen LogP contribution in [0.25, 0.3) is 0 Å². The highest BCUT2D eigenvalue weighted by atomic mass is 32.1. The summed E-state index contributed by atoms with van der Waals surface area (Å²) in [7, 11) is 0. The lowest BCUT2D eigenvalue weighted by Crippen LogP contribution is -2.33. The standard InChI is InChI=1S/C11H19N3OS/c1-3-9(2)14-11(15)4-5-12-6-10-7-13-8-16-10/h7-9,12H,3-6H2,1-2H3,(H,14,15). The molecule has 90 valence electrons. The van der Waals surface area contributed by atoms with Crippen molar-refractivity contribution in [2.45, 2.75) is 39.3 Å². The summed E-state index contributed by atoms with van der Waals surface area (Å²) in [6.45, 7) is 5.58.